The molecule has 1 fully saturated rings. The first kappa shape index (κ1) is 11.3. The minimum Gasteiger partial charge on any atom is -0.328 e. The van der Waals surface area contributed by atoms with Crippen LogP contribution in [0.1, 0.15) is 20.3 Å². The van der Waals surface area contributed by atoms with Crippen molar-refractivity contribution < 1.29 is 0 Å². The van der Waals surface area contributed by atoms with Crippen molar-refractivity contribution in [3.05, 3.63) is 0 Å². The van der Waals surface area contributed by atoms with Crippen LogP contribution in [0, 0.1) is 5.92 Å². The summed E-state index contributed by atoms with van der Waals surface area (Å²) in [6.07, 6.45) is 1.34. The SMILES string of the molecule is CC(N)C(C)CN1CCCSCC1. The third-order valence-corrected chi connectivity index (χ3v) is 3.81. The molecule has 0 radical (unpaired) electrons. The summed E-state index contributed by atoms with van der Waals surface area (Å²) in [5.41, 5.74) is 5.86. The maximum Gasteiger partial charge on any atom is 0.00725 e. The Labute approximate surface area is 86.2 Å². The van der Waals surface area contributed by atoms with E-state index in [1.165, 1.54) is 37.6 Å². The Balaban J connectivity index is 2.25. The smallest absolute Gasteiger partial charge is 0.00725 e. The van der Waals surface area contributed by atoms with Crippen LogP contribution in [0.4, 0.5) is 0 Å². The fourth-order valence-corrected chi connectivity index (χ4v) is 2.48. The fraction of sp³-hybridized carbons (Fsp3) is 1.00. The normalized spacial score (nSPS) is 25.2. The molecule has 0 amide bonds. The van der Waals surface area contributed by atoms with Gasteiger partial charge in [-0.15, -0.1) is 0 Å². The fourth-order valence-electron chi connectivity index (χ4n) is 1.55. The average Bonchev–Trinajstić information content (AvgIpc) is 2.32. The third-order valence-electron chi connectivity index (χ3n) is 2.76. The second-order valence-corrected chi connectivity index (χ2v) is 5.33. The predicted molar refractivity (Wildman–Crippen MR) is 61.2 cm³/mol. The van der Waals surface area contributed by atoms with Gasteiger partial charge in [-0.2, -0.15) is 11.8 Å². The zero-order valence-electron chi connectivity index (χ0n) is 8.83. The molecule has 1 saturated heterocycles. The van der Waals surface area contributed by atoms with E-state index in [1.807, 2.05) is 0 Å². The molecule has 0 aliphatic carbocycles. The number of hydrogen-bond acceptors (Lipinski definition) is 3. The van der Waals surface area contributed by atoms with Crippen molar-refractivity contribution in [3.8, 4) is 0 Å². The summed E-state index contributed by atoms with van der Waals surface area (Å²) in [4.78, 5) is 2.56. The second-order valence-electron chi connectivity index (χ2n) is 4.10. The standard InChI is InChI=1S/C10H22N2S/c1-9(10(2)11)8-12-4-3-6-13-7-5-12/h9-10H,3-8,11H2,1-2H3. The first-order valence-corrected chi connectivity index (χ1v) is 6.41. The molecule has 3 heteroatoms. The van der Waals surface area contributed by atoms with Gasteiger partial charge in [0.2, 0.25) is 0 Å². The highest BCUT2D eigenvalue weighted by atomic mass is 32.2. The van der Waals surface area contributed by atoms with Gasteiger partial charge in [0.1, 0.15) is 0 Å². The summed E-state index contributed by atoms with van der Waals surface area (Å²) in [5, 5.41) is 0. The largest absolute Gasteiger partial charge is 0.328 e. The van der Waals surface area contributed by atoms with Crippen molar-refractivity contribution in [1.29, 1.82) is 0 Å². The van der Waals surface area contributed by atoms with Crippen LogP contribution >= 0.6 is 11.8 Å². The van der Waals surface area contributed by atoms with Crippen molar-refractivity contribution in [2.75, 3.05) is 31.1 Å². The van der Waals surface area contributed by atoms with Gasteiger partial charge in [-0.3, -0.25) is 0 Å². The molecule has 0 saturated carbocycles. The van der Waals surface area contributed by atoms with Crippen LogP contribution in [0.15, 0.2) is 0 Å². The molecule has 0 aromatic rings. The summed E-state index contributed by atoms with van der Waals surface area (Å²) >= 11 is 2.08. The summed E-state index contributed by atoms with van der Waals surface area (Å²) in [5.74, 6) is 3.26. The maximum absolute atomic E-state index is 5.86. The van der Waals surface area contributed by atoms with E-state index in [4.69, 9.17) is 5.73 Å². The van der Waals surface area contributed by atoms with Gasteiger partial charge < -0.3 is 10.6 Å². The lowest BCUT2D eigenvalue weighted by Crippen LogP contribution is -2.37. The minimum absolute atomic E-state index is 0.330. The summed E-state index contributed by atoms with van der Waals surface area (Å²) in [7, 11) is 0. The Morgan fingerprint density at radius 3 is 2.77 bits per heavy atom. The summed E-state index contributed by atoms with van der Waals surface area (Å²) in [6.45, 7) is 8.06. The molecule has 2 nitrogen and oxygen atoms in total. The van der Waals surface area contributed by atoms with Crippen molar-refractivity contribution in [3.63, 3.8) is 0 Å². The van der Waals surface area contributed by atoms with E-state index in [2.05, 4.69) is 30.5 Å². The van der Waals surface area contributed by atoms with Crippen LogP contribution in [0.2, 0.25) is 0 Å². The molecule has 0 bridgehead atoms. The molecule has 2 unspecified atom stereocenters. The second kappa shape index (κ2) is 5.89. The van der Waals surface area contributed by atoms with E-state index in [1.54, 1.807) is 0 Å². The molecule has 2 N–H and O–H groups in total. The quantitative estimate of drug-likeness (QED) is 0.750. The van der Waals surface area contributed by atoms with Gasteiger partial charge in [0.15, 0.2) is 0 Å². The number of hydrogen-bond donors (Lipinski definition) is 1. The Morgan fingerprint density at radius 1 is 1.31 bits per heavy atom. The first-order valence-electron chi connectivity index (χ1n) is 5.26. The van der Waals surface area contributed by atoms with Crippen LogP contribution in [0.25, 0.3) is 0 Å². The van der Waals surface area contributed by atoms with Crippen LogP contribution in [-0.4, -0.2) is 42.1 Å². The first-order chi connectivity index (χ1) is 6.20. The van der Waals surface area contributed by atoms with Crippen LogP contribution < -0.4 is 5.73 Å². The topological polar surface area (TPSA) is 29.3 Å². The molecule has 78 valence electrons. The van der Waals surface area contributed by atoms with Crippen LogP contribution in [0.5, 0.6) is 0 Å². The number of rotatable bonds is 3. The molecule has 1 aliphatic rings. The van der Waals surface area contributed by atoms with Gasteiger partial charge in [0, 0.05) is 24.9 Å². The van der Waals surface area contributed by atoms with Gasteiger partial charge >= 0.3 is 0 Å². The molecule has 1 aliphatic heterocycles. The Hall–Kier alpha value is 0.270. The molecule has 2 atom stereocenters. The average molecular weight is 202 g/mol. The van der Waals surface area contributed by atoms with E-state index in [9.17, 15) is 0 Å². The Kier molecular flexibility index (Phi) is 5.14. The molecule has 1 heterocycles. The van der Waals surface area contributed by atoms with Crippen molar-refractivity contribution >= 4 is 11.8 Å². The van der Waals surface area contributed by atoms with Crippen LogP contribution in [0.3, 0.4) is 0 Å². The molecule has 13 heavy (non-hydrogen) atoms. The Bertz CT molecular complexity index is 131. The van der Waals surface area contributed by atoms with Crippen molar-refractivity contribution in [2.24, 2.45) is 11.7 Å². The van der Waals surface area contributed by atoms with Gasteiger partial charge in [0.25, 0.3) is 0 Å². The van der Waals surface area contributed by atoms with E-state index >= 15 is 0 Å². The van der Waals surface area contributed by atoms with Crippen LogP contribution in [-0.2, 0) is 0 Å². The van der Waals surface area contributed by atoms with Gasteiger partial charge in [-0.1, -0.05) is 6.92 Å². The molecule has 0 aromatic carbocycles. The monoisotopic (exact) mass is 202 g/mol. The molecule has 0 aromatic heterocycles. The summed E-state index contributed by atoms with van der Waals surface area (Å²) in [6, 6.07) is 0.330. The van der Waals surface area contributed by atoms with E-state index in [-0.39, 0.29) is 0 Å². The molecular weight excluding hydrogens is 180 g/mol. The van der Waals surface area contributed by atoms with E-state index in [0.717, 1.165) is 0 Å². The lowest BCUT2D eigenvalue weighted by molar-refractivity contribution is 0.240. The molecule has 1 rings (SSSR count). The lowest BCUT2D eigenvalue weighted by atomic mass is 10.0. The zero-order valence-corrected chi connectivity index (χ0v) is 9.65. The van der Waals surface area contributed by atoms with Gasteiger partial charge in [0.05, 0.1) is 0 Å². The van der Waals surface area contributed by atoms with Gasteiger partial charge in [-0.05, 0) is 31.6 Å². The number of nitrogens with two attached hydrogens (primary N) is 1. The van der Waals surface area contributed by atoms with E-state index < -0.39 is 0 Å². The zero-order chi connectivity index (χ0) is 9.68. The van der Waals surface area contributed by atoms with E-state index in [0.29, 0.717) is 12.0 Å². The lowest BCUT2D eigenvalue weighted by Gasteiger charge is -2.25. The third kappa shape index (κ3) is 4.34. The van der Waals surface area contributed by atoms with Crippen molar-refractivity contribution in [2.45, 2.75) is 26.3 Å². The highest BCUT2D eigenvalue weighted by Crippen LogP contribution is 2.12. The summed E-state index contributed by atoms with van der Waals surface area (Å²) < 4.78 is 0. The minimum atomic E-state index is 0.330. The van der Waals surface area contributed by atoms with Gasteiger partial charge in [-0.25, -0.2) is 0 Å². The maximum atomic E-state index is 5.86. The number of thioether (sulfide) groups is 1. The predicted octanol–water partition coefficient (Wildman–Crippen LogP) is 1.41. The Morgan fingerprint density at radius 2 is 2.08 bits per heavy atom. The highest BCUT2D eigenvalue weighted by molar-refractivity contribution is 7.99. The van der Waals surface area contributed by atoms with Crippen molar-refractivity contribution in [1.82, 2.24) is 4.90 Å². The highest BCUT2D eigenvalue weighted by Gasteiger charge is 2.14. The number of nitrogens with zero attached hydrogens (tertiary/aromatic N) is 1. The molecule has 0 spiro atoms. The molecular formula is C10H22N2S.